The molecule has 1 aliphatic heterocycles. The zero-order valence-corrected chi connectivity index (χ0v) is 13.4. The maximum Gasteiger partial charge on any atom is 0.244 e. The third-order valence-corrected chi connectivity index (χ3v) is 3.59. The van der Waals surface area contributed by atoms with Gasteiger partial charge in [-0.2, -0.15) is 0 Å². The zero-order chi connectivity index (χ0) is 16.8. The Balaban J connectivity index is 1.50. The Kier molecular flexibility index (Phi) is 5.01. The van der Waals surface area contributed by atoms with Crippen LogP contribution in [0, 0.1) is 0 Å². The van der Waals surface area contributed by atoms with Crippen molar-refractivity contribution < 1.29 is 19.0 Å². The molecular weight excluding hydrogens is 306 g/mol. The molecule has 0 unspecified atom stereocenters. The summed E-state index contributed by atoms with van der Waals surface area (Å²) < 4.78 is 16.6. The number of para-hydroxylation sites is 2. The summed E-state index contributed by atoms with van der Waals surface area (Å²) in [6.07, 6.45) is 3.03. The molecule has 1 heterocycles. The highest BCUT2D eigenvalue weighted by molar-refractivity contribution is 5.91. The number of amides is 1. The third kappa shape index (κ3) is 4.07. The molecule has 0 saturated heterocycles. The molecule has 0 radical (unpaired) electrons. The first-order chi connectivity index (χ1) is 11.7. The molecule has 0 fully saturated rings. The minimum absolute atomic E-state index is 0.180. The molecule has 3 rings (SSSR count). The second-order valence-corrected chi connectivity index (χ2v) is 5.35. The summed E-state index contributed by atoms with van der Waals surface area (Å²) in [5.74, 6) is 2.01. The number of methoxy groups -OCH3 is 1. The summed E-state index contributed by atoms with van der Waals surface area (Å²) in [4.78, 5) is 11.9. The van der Waals surface area contributed by atoms with E-state index in [0.717, 1.165) is 17.1 Å². The highest BCUT2D eigenvalue weighted by atomic mass is 16.6. The van der Waals surface area contributed by atoms with Crippen molar-refractivity contribution in [3.05, 3.63) is 60.2 Å². The van der Waals surface area contributed by atoms with Gasteiger partial charge in [0.25, 0.3) is 0 Å². The molecular formula is C19H19NO4. The Morgan fingerprint density at radius 1 is 1.25 bits per heavy atom. The summed E-state index contributed by atoms with van der Waals surface area (Å²) in [7, 11) is 1.61. The molecule has 0 bridgehead atoms. The molecule has 1 aliphatic rings. The van der Waals surface area contributed by atoms with Crippen LogP contribution in [0.25, 0.3) is 6.08 Å². The van der Waals surface area contributed by atoms with Crippen molar-refractivity contribution in [2.75, 3.05) is 20.3 Å². The van der Waals surface area contributed by atoms with E-state index in [2.05, 4.69) is 5.32 Å². The molecule has 0 aromatic heterocycles. The number of fused-ring (bicyclic) bond motifs is 1. The van der Waals surface area contributed by atoms with Crippen LogP contribution in [-0.2, 0) is 4.79 Å². The van der Waals surface area contributed by atoms with Crippen LogP contribution in [0.3, 0.4) is 0 Å². The first kappa shape index (κ1) is 15.9. The van der Waals surface area contributed by atoms with Crippen LogP contribution in [-0.4, -0.2) is 32.3 Å². The lowest BCUT2D eigenvalue weighted by molar-refractivity contribution is -0.116. The maximum absolute atomic E-state index is 11.9. The van der Waals surface area contributed by atoms with E-state index in [1.54, 1.807) is 13.2 Å². The number of carbonyl (C=O) groups excluding carboxylic acids is 1. The lowest BCUT2D eigenvalue weighted by atomic mass is 10.2. The van der Waals surface area contributed by atoms with Gasteiger partial charge in [-0.3, -0.25) is 4.79 Å². The van der Waals surface area contributed by atoms with Gasteiger partial charge >= 0.3 is 0 Å². The molecule has 0 saturated carbocycles. The van der Waals surface area contributed by atoms with E-state index >= 15 is 0 Å². The van der Waals surface area contributed by atoms with Crippen molar-refractivity contribution in [3.63, 3.8) is 0 Å². The fourth-order valence-corrected chi connectivity index (χ4v) is 2.35. The summed E-state index contributed by atoms with van der Waals surface area (Å²) >= 11 is 0. The number of nitrogens with one attached hydrogen (secondary N) is 1. The summed E-state index contributed by atoms with van der Waals surface area (Å²) in [5, 5.41) is 2.82. The molecule has 1 atom stereocenters. The number of rotatable bonds is 5. The van der Waals surface area contributed by atoms with Crippen LogP contribution in [0.1, 0.15) is 5.56 Å². The molecule has 0 spiro atoms. The van der Waals surface area contributed by atoms with Gasteiger partial charge in [-0.25, -0.2) is 0 Å². The largest absolute Gasteiger partial charge is 0.497 e. The minimum atomic E-state index is -0.200. The van der Waals surface area contributed by atoms with Gasteiger partial charge in [0.15, 0.2) is 11.5 Å². The molecule has 0 aliphatic carbocycles. The van der Waals surface area contributed by atoms with Gasteiger partial charge in [0.1, 0.15) is 18.5 Å². The third-order valence-electron chi connectivity index (χ3n) is 3.59. The molecule has 2 aromatic carbocycles. The Morgan fingerprint density at radius 3 is 2.92 bits per heavy atom. The fraction of sp³-hybridized carbons (Fsp3) is 0.211. The Bertz CT molecular complexity index is 742. The van der Waals surface area contributed by atoms with Crippen LogP contribution in [0.15, 0.2) is 54.6 Å². The van der Waals surface area contributed by atoms with Gasteiger partial charge in [0.2, 0.25) is 5.91 Å². The number of ether oxygens (including phenoxy) is 3. The van der Waals surface area contributed by atoms with E-state index in [1.165, 1.54) is 6.08 Å². The lowest BCUT2D eigenvalue weighted by Gasteiger charge is -2.26. The van der Waals surface area contributed by atoms with Crippen molar-refractivity contribution in [2.24, 2.45) is 0 Å². The Labute approximate surface area is 140 Å². The van der Waals surface area contributed by atoms with Crippen molar-refractivity contribution in [3.8, 4) is 17.2 Å². The highest BCUT2D eigenvalue weighted by Crippen LogP contribution is 2.30. The van der Waals surface area contributed by atoms with Gasteiger partial charge in [-0.15, -0.1) is 0 Å². The predicted octanol–water partition coefficient (Wildman–Crippen LogP) is 2.66. The van der Waals surface area contributed by atoms with Crippen molar-refractivity contribution >= 4 is 12.0 Å². The van der Waals surface area contributed by atoms with E-state index in [1.807, 2.05) is 48.5 Å². The quantitative estimate of drug-likeness (QED) is 0.859. The molecule has 24 heavy (non-hydrogen) atoms. The normalized spacial score (nSPS) is 16.0. The predicted molar refractivity (Wildman–Crippen MR) is 91.4 cm³/mol. The SMILES string of the molecule is COc1cccc(/C=C/C(=O)NC[C@@H]2COc3ccccc3O2)c1. The maximum atomic E-state index is 11.9. The Hall–Kier alpha value is -2.95. The van der Waals surface area contributed by atoms with Gasteiger partial charge in [0.05, 0.1) is 13.7 Å². The molecule has 5 nitrogen and oxygen atoms in total. The fourth-order valence-electron chi connectivity index (χ4n) is 2.35. The van der Waals surface area contributed by atoms with Crippen LogP contribution in [0.2, 0.25) is 0 Å². The van der Waals surface area contributed by atoms with Crippen molar-refractivity contribution in [2.45, 2.75) is 6.10 Å². The summed E-state index contributed by atoms with van der Waals surface area (Å²) in [6, 6.07) is 15.0. The second-order valence-electron chi connectivity index (χ2n) is 5.35. The van der Waals surface area contributed by atoms with Crippen LogP contribution in [0.4, 0.5) is 0 Å². The van der Waals surface area contributed by atoms with E-state index in [-0.39, 0.29) is 12.0 Å². The highest BCUT2D eigenvalue weighted by Gasteiger charge is 2.20. The minimum Gasteiger partial charge on any atom is -0.497 e. The topological polar surface area (TPSA) is 56.8 Å². The van der Waals surface area contributed by atoms with Gasteiger partial charge in [-0.05, 0) is 35.9 Å². The number of hydrogen-bond donors (Lipinski definition) is 1. The molecule has 124 valence electrons. The van der Waals surface area contributed by atoms with E-state index in [0.29, 0.717) is 18.9 Å². The van der Waals surface area contributed by atoms with Gasteiger partial charge in [-0.1, -0.05) is 24.3 Å². The Morgan fingerprint density at radius 2 is 2.08 bits per heavy atom. The monoisotopic (exact) mass is 325 g/mol. The zero-order valence-electron chi connectivity index (χ0n) is 13.4. The number of benzene rings is 2. The lowest BCUT2D eigenvalue weighted by Crippen LogP contribution is -2.40. The first-order valence-corrected chi connectivity index (χ1v) is 7.73. The summed E-state index contributed by atoms with van der Waals surface area (Å²) in [6.45, 7) is 0.798. The van der Waals surface area contributed by atoms with Gasteiger partial charge in [0, 0.05) is 6.08 Å². The second kappa shape index (κ2) is 7.55. The average molecular weight is 325 g/mol. The smallest absolute Gasteiger partial charge is 0.244 e. The van der Waals surface area contributed by atoms with E-state index in [4.69, 9.17) is 14.2 Å². The number of carbonyl (C=O) groups is 1. The van der Waals surface area contributed by atoms with Crippen LogP contribution >= 0.6 is 0 Å². The molecule has 1 N–H and O–H groups in total. The van der Waals surface area contributed by atoms with Crippen LogP contribution in [0.5, 0.6) is 17.2 Å². The van der Waals surface area contributed by atoms with Gasteiger partial charge < -0.3 is 19.5 Å². The average Bonchev–Trinajstić information content (AvgIpc) is 2.64. The van der Waals surface area contributed by atoms with E-state index < -0.39 is 0 Å². The standard InChI is InChI=1S/C19H19NO4/c1-22-15-6-4-5-14(11-15)9-10-19(21)20-12-16-13-23-17-7-2-3-8-18(17)24-16/h2-11,16H,12-13H2,1H3,(H,20,21)/b10-9+/t16-/m1/s1. The summed E-state index contributed by atoms with van der Waals surface area (Å²) in [5.41, 5.74) is 0.899. The molecule has 2 aromatic rings. The van der Waals surface area contributed by atoms with Crippen molar-refractivity contribution in [1.82, 2.24) is 5.32 Å². The first-order valence-electron chi connectivity index (χ1n) is 7.73. The van der Waals surface area contributed by atoms with Crippen molar-refractivity contribution in [1.29, 1.82) is 0 Å². The molecule has 5 heteroatoms. The van der Waals surface area contributed by atoms with E-state index in [9.17, 15) is 4.79 Å². The number of hydrogen-bond acceptors (Lipinski definition) is 4. The molecule has 1 amide bonds. The van der Waals surface area contributed by atoms with Crippen LogP contribution < -0.4 is 19.5 Å².